The minimum absolute atomic E-state index is 0.0827. The average Bonchev–Trinajstić information content (AvgIpc) is 3.62. The van der Waals surface area contributed by atoms with Crippen molar-refractivity contribution in [1.29, 1.82) is 5.26 Å². The summed E-state index contributed by atoms with van der Waals surface area (Å²) in [6.45, 7) is 3.04. The zero-order valence-corrected chi connectivity index (χ0v) is 22.4. The minimum Gasteiger partial charge on any atom is -0.470 e. The average molecular weight is 552 g/mol. The zero-order valence-electron chi connectivity index (χ0n) is 21.6. The molecule has 200 valence electrons. The van der Waals surface area contributed by atoms with Gasteiger partial charge in [0, 0.05) is 47.1 Å². The second-order valence-corrected chi connectivity index (χ2v) is 11.5. The molecule has 40 heavy (non-hydrogen) atoms. The lowest BCUT2D eigenvalue weighted by Crippen LogP contribution is -2.17. The maximum absolute atomic E-state index is 13.7. The fraction of sp³-hybridized carbons (Fsp3) is 0.167. The number of nitriles is 1. The van der Waals surface area contributed by atoms with Crippen molar-refractivity contribution in [1.82, 2.24) is 13.9 Å². The van der Waals surface area contributed by atoms with Crippen LogP contribution in [-0.4, -0.2) is 41.7 Å². The molecule has 2 N–H and O–H groups in total. The zero-order chi connectivity index (χ0) is 27.9. The van der Waals surface area contributed by atoms with Gasteiger partial charge in [0.1, 0.15) is 6.10 Å². The van der Waals surface area contributed by atoms with Gasteiger partial charge in [-0.25, -0.2) is 22.4 Å². The summed E-state index contributed by atoms with van der Waals surface area (Å²) in [6, 6.07) is 19.5. The van der Waals surface area contributed by atoms with Crippen LogP contribution in [0.2, 0.25) is 0 Å². The lowest BCUT2D eigenvalue weighted by atomic mass is 10.0. The van der Waals surface area contributed by atoms with Crippen LogP contribution in [0.4, 0.5) is 5.69 Å². The highest BCUT2D eigenvalue weighted by Gasteiger charge is 2.24. The van der Waals surface area contributed by atoms with Gasteiger partial charge in [0.05, 0.1) is 35.4 Å². The van der Waals surface area contributed by atoms with Crippen molar-refractivity contribution in [3.05, 3.63) is 90.4 Å². The van der Waals surface area contributed by atoms with Crippen LogP contribution in [-0.2, 0) is 14.8 Å². The molecule has 0 aliphatic carbocycles. The van der Waals surface area contributed by atoms with E-state index in [4.69, 9.17) is 15.2 Å². The molecule has 0 saturated carbocycles. The first kappa shape index (κ1) is 25.6. The molecule has 1 atom stereocenters. The highest BCUT2D eigenvalue weighted by Crippen LogP contribution is 2.36. The van der Waals surface area contributed by atoms with E-state index >= 15 is 0 Å². The van der Waals surface area contributed by atoms with E-state index in [1.54, 1.807) is 67.1 Å². The monoisotopic (exact) mass is 551 g/mol. The van der Waals surface area contributed by atoms with E-state index in [9.17, 15) is 13.7 Å². The Labute approximate surface area is 231 Å². The number of nitrogens with zero attached hydrogens (tertiary/aromatic N) is 4. The second kappa shape index (κ2) is 10.1. The number of hydrogen-bond donors (Lipinski definition) is 1. The predicted octanol–water partition coefficient (Wildman–Crippen LogP) is 4.93. The summed E-state index contributed by atoms with van der Waals surface area (Å²) in [5.74, 6) is 0.345. The molecule has 2 aromatic carbocycles. The summed E-state index contributed by atoms with van der Waals surface area (Å²) in [5, 5.41) is 10.1. The number of hydrogen-bond acceptors (Lipinski definition) is 8. The van der Waals surface area contributed by atoms with Crippen molar-refractivity contribution in [2.75, 3.05) is 18.9 Å². The Kier molecular flexibility index (Phi) is 6.46. The molecule has 0 bridgehead atoms. The summed E-state index contributed by atoms with van der Waals surface area (Å²) in [7, 11) is -3.96. The molecule has 1 aliphatic heterocycles. The molecular formula is C30H25N5O4S. The van der Waals surface area contributed by atoms with Crippen molar-refractivity contribution in [3.8, 4) is 34.2 Å². The second-order valence-electron chi connectivity index (χ2n) is 9.67. The predicted molar refractivity (Wildman–Crippen MR) is 151 cm³/mol. The summed E-state index contributed by atoms with van der Waals surface area (Å²) >= 11 is 0. The SMILES string of the molecule is Cc1ccc(S(=O)(=O)n2cc(-c3cccc(C#N)c3)c3cc(-c4cnc(OC5CCOC5)c(N)c4)cnc32)cc1. The maximum atomic E-state index is 13.7. The van der Waals surface area contributed by atoms with Gasteiger partial charge < -0.3 is 15.2 Å². The van der Waals surface area contributed by atoms with Gasteiger partial charge >= 0.3 is 0 Å². The molecule has 1 fully saturated rings. The molecule has 0 amide bonds. The third-order valence-corrected chi connectivity index (χ3v) is 8.53. The number of rotatable bonds is 6. The van der Waals surface area contributed by atoms with Crippen LogP contribution in [0.1, 0.15) is 17.5 Å². The number of ether oxygens (including phenoxy) is 2. The van der Waals surface area contributed by atoms with Crippen molar-refractivity contribution >= 4 is 26.7 Å². The van der Waals surface area contributed by atoms with Crippen LogP contribution in [0.3, 0.4) is 0 Å². The number of pyridine rings is 2. The van der Waals surface area contributed by atoms with Crippen molar-refractivity contribution in [2.45, 2.75) is 24.3 Å². The van der Waals surface area contributed by atoms with Gasteiger partial charge in [-0.05, 0) is 48.9 Å². The van der Waals surface area contributed by atoms with Gasteiger partial charge in [0.2, 0.25) is 5.88 Å². The van der Waals surface area contributed by atoms with Crippen molar-refractivity contribution in [3.63, 3.8) is 0 Å². The highest BCUT2D eigenvalue weighted by atomic mass is 32.2. The van der Waals surface area contributed by atoms with E-state index in [1.807, 2.05) is 19.1 Å². The number of benzene rings is 2. The summed E-state index contributed by atoms with van der Waals surface area (Å²) in [6.07, 6.45) is 5.50. The number of anilines is 1. The van der Waals surface area contributed by atoms with Crippen LogP contribution >= 0.6 is 0 Å². The molecule has 5 aromatic rings. The lowest BCUT2D eigenvalue weighted by molar-refractivity contribution is 0.138. The first-order chi connectivity index (χ1) is 19.3. The Hall–Kier alpha value is -4.72. The molecule has 10 heteroatoms. The first-order valence-electron chi connectivity index (χ1n) is 12.7. The number of nitrogens with two attached hydrogens (primary N) is 1. The van der Waals surface area contributed by atoms with Crippen LogP contribution < -0.4 is 10.5 Å². The third-order valence-electron chi connectivity index (χ3n) is 6.87. The molecule has 0 radical (unpaired) electrons. The normalized spacial score (nSPS) is 15.2. The standard InChI is InChI=1S/C30H25N5O4S/c1-19-5-7-25(8-6-19)40(36,37)35-17-27(21-4-2-3-20(11-21)14-31)26-12-22(15-33-29(26)35)23-13-28(32)30(34-16-23)39-24-9-10-38-18-24/h2-8,11-13,15-17,24H,9-10,18,32H2,1H3. The van der Waals surface area contributed by atoms with Gasteiger partial charge in [0.15, 0.2) is 5.65 Å². The molecule has 1 unspecified atom stereocenters. The van der Waals surface area contributed by atoms with E-state index in [2.05, 4.69) is 16.0 Å². The number of aromatic nitrogens is 3. The molecule has 4 heterocycles. The third kappa shape index (κ3) is 4.66. The molecule has 1 aliphatic rings. The molecular weight excluding hydrogens is 526 g/mol. The Morgan fingerprint density at radius 3 is 2.55 bits per heavy atom. The van der Waals surface area contributed by atoms with Gasteiger partial charge in [-0.2, -0.15) is 5.26 Å². The van der Waals surface area contributed by atoms with E-state index < -0.39 is 10.0 Å². The molecule has 9 nitrogen and oxygen atoms in total. The summed E-state index contributed by atoms with van der Waals surface area (Å²) in [4.78, 5) is 9.17. The molecule has 6 rings (SSSR count). The minimum atomic E-state index is -3.96. The van der Waals surface area contributed by atoms with Crippen LogP contribution in [0.5, 0.6) is 5.88 Å². The Morgan fingerprint density at radius 1 is 1.05 bits per heavy atom. The quantitative estimate of drug-likeness (QED) is 0.314. The van der Waals surface area contributed by atoms with Gasteiger partial charge in [-0.3, -0.25) is 0 Å². The van der Waals surface area contributed by atoms with Crippen molar-refractivity contribution in [2.24, 2.45) is 0 Å². The summed E-state index contributed by atoms with van der Waals surface area (Å²) < 4.78 is 39.9. The Morgan fingerprint density at radius 2 is 1.82 bits per heavy atom. The topological polar surface area (TPSA) is 133 Å². The Balaban J connectivity index is 1.48. The van der Waals surface area contributed by atoms with Gasteiger partial charge in [0.25, 0.3) is 10.0 Å². The van der Waals surface area contributed by atoms with E-state index in [0.717, 1.165) is 12.0 Å². The number of fused-ring (bicyclic) bond motifs is 1. The largest absolute Gasteiger partial charge is 0.470 e. The van der Waals surface area contributed by atoms with E-state index in [0.29, 0.717) is 58.0 Å². The van der Waals surface area contributed by atoms with Gasteiger partial charge in [-0.15, -0.1) is 0 Å². The first-order valence-corrected chi connectivity index (χ1v) is 14.1. The molecule has 0 spiro atoms. The number of nitrogen functional groups attached to an aromatic ring is 1. The smallest absolute Gasteiger partial charge is 0.269 e. The lowest BCUT2D eigenvalue weighted by Gasteiger charge is -2.13. The Bertz CT molecular complexity index is 1890. The van der Waals surface area contributed by atoms with Crippen LogP contribution in [0.15, 0.2) is 84.1 Å². The van der Waals surface area contributed by atoms with E-state index in [-0.39, 0.29) is 16.6 Å². The van der Waals surface area contributed by atoms with Gasteiger partial charge in [-0.1, -0.05) is 29.8 Å². The maximum Gasteiger partial charge on any atom is 0.269 e. The van der Waals surface area contributed by atoms with E-state index in [1.165, 1.54) is 3.97 Å². The number of aryl methyl sites for hydroxylation is 1. The molecule has 1 saturated heterocycles. The van der Waals surface area contributed by atoms with Crippen LogP contribution in [0, 0.1) is 18.3 Å². The highest BCUT2D eigenvalue weighted by molar-refractivity contribution is 7.90. The fourth-order valence-electron chi connectivity index (χ4n) is 4.72. The van der Waals surface area contributed by atoms with Crippen molar-refractivity contribution < 1.29 is 17.9 Å². The fourth-order valence-corrected chi connectivity index (χ4v) is 6.04. The van der Waals surface area contributed by atoms with Crippen LogP contribution in [0.25, 0.3) is 33.3 Å². The summed E-state index contributed by atoms with van der Waals surface area (Å²) in [5.41, 5.74) is 11.1. The molecule has 3 aromatic heterocycles.